The summed E-state index contributed by atoms with van der Waals surface area (Å²) in [6.45, 7) is 1.23. The van der Waals surface area contributed by atoms with Crippen LogP contribution in [-0.4, -0.2) is 45.0 Å². The minimum atomic E-state index is -0.736. The zero-order valence-corrected chi connectivity index (χ0v) is 18.9. The molecule has 0 unspecified atom stereocenters. The first kappa shape index (κ1) is 23.3. The van der Waals surface area contributed by atoms with Gasteiger partial charge in [-0.15, -0.1) is 0 Å². The average molecular weight is 482 g/mol. The van der Waals surface area contributed by atoms with E-state index in [0.717, 1.165) is 21.7 Å². The van der Waals surface area contributed by atoms with Crippen molar-refractivity contribution in [2.75, 3.05) is 6.54 Å². The molecule has 1 saturated heterocycles. The van der Waals surface area contributed by atoms with Crippen molar-refractivity contribution in [3.05, 3.63) is 86.4 Å². The number of nitro benzene ring substituents is 1. The van der Waals surface area contributed by atoms with Crippen LogP contribution in [-0.2, 0) is 9.59 Å². The van der Waals surface area contributed by atoms with Crippen LogP contribution >= 0.6 is 11.6 Å². The third-order valence-corrected chi connectivity index (χ3v) is 6.29. The zero-order valence-electron chi connectivity index (χ0n) is 18.1. The fourth-order valence-electron chi connectivity index (χ4n) is 4.25. The first-order valence-electron chi connectivity index (χ1n) is 10.6. The van der Waals surface area contributed by atoms with E-state index < -0.39 is 46.8 Å². The van der Waals surface area contributed by atoms with Crippen molar-refractivity contribution >= 4 is 40.8 Å². The lowest BCUT2D eigenvalue weighted by atomic mass is 9.82. The third kappa shape index (κ3) is 4.34. The Hall–Kier alpha value is -3.85. The Morgan fingerprint density at radius 1 is 1.09 bits per heavy atom. The van der Waals surface area contributed by atoms with Gasteiger partial charge in [0.25, 0.3) is 23.4 Å². The Morgan fingerprint density at radius 2 is 1.76 bits per heavy atom. The quantitative estimate of drug-likeness (QED) is 0.203. The highest BCUT2D eigenvalue weighted by Gasteiger charge is 2.51. The van der Waals surface area contributed by atoms with E-state index in [-0.39, 0.29) is 16.8 Å². The molecule has 10 heteroatoms. The number of allylic oxidation sites excluding steroid dienone is 2. The number of ketones is 1. The number of hydrogen-bond acceptors (Lipinski definition) is 6. The largest absolute Gasteiger partial charge is 0.292 e. The van der Waals surface area contributed by atoms with Crippen molar-refractivity contribution in [1.82, 2.24) is 10.0 Å². The molecule has 2 aromatic carbocycles. The minimum Gasteiger partial charge on any atom is -0.292 e. The highest BCUT2D eigenvalue weighted by atomic mass is 35.5. The number of Topliss-reactive ketones (excluding diaryl/α,β-unsaturated/α-hetero) is 1. The van der Waals surface area contributed by atoms with Gasteiger partial charge >= 0.3 is 0 Å². The van der Waals surface area contributed by atoms with Crippen LogP contribution in [0, 0.1) is 22.0 Å². The average Bonchev–Trinajstić information content (AvgIpc) is 3.06. The first-order chi connectivity index (χ1) is 16.2. The van der Waals surface area contributed by atoms with Crippen molar-refractivity contribution in [2.45, 2.75) is 19.8 Å². The number of hydrazine groups is 1. The Kier molecular flexibility index (Phi) is 6.30. The summed E-state index contributed by atoms with van der Waals surface area (Å²) in [6.07, 6.45) is 2.67. The molecule has 0 radical (unpaired) electrons. The van der Waals surface area contributed by atoms with Crippen molar-refractivity contribution in [3.8, 4) is 0 Å². The van der Waals surface area contributed by atoms with Crippen LogP contribution in [0.5, 0.6) is 0 Å². The summed E-state index contributed by atoms with van der Waals surface area (Å²) >= 11 is 5.91. The molecule has 9 nitrogen and oxygen atoms in total. The molecule has 2 aromatic rings. The molecule has 1 aliphatic carbocycles. The molecule has 1 fully saturated rings. The van der Waals surface area contributed by atoms with Gasteiger partial charge in [-0.05, 0) is 44.0 Å². The number of nitro groups is 1. The molecule has 3 amide bonds. The monoisotopic (exact) mass is 481 g/mol. The van der Waals surface area contributed by atoms with E-state index in [4.69, 9.17) is 11.6 Å². The maximum atomic E-state index is 13.4. The van der Waals surface area contributed by atoms with Gasteiger partial charge in [0.1, 0.15) is 6.54 Å². The van der Waals surface area contributed by atoms with Crippen LogP contribution in [0.1, 0.15) is 40.5 Å². The molecule has 4 rings (SSSR count). The summed E-state index contributed by atoms with van der Waals surface area (Å²) in [5.41, 5.74) is 0.799. The number of fused-ring (bicyclic) bond motifs is 1. The van der Waals surface area contributed by atoms with Crippen molar-refractivity contribution < 1.29 is 24.1 Å². The standard InChI is InChI=1S/C24H20ClN3O6/c1-14-5-10-19-20(11-14)24(32)27(23(19)31)26(22(30)15-6-8-17(25)9-7-15)13-21(29)16-3-2-4-18(12-16)28(33)34/h2-9,12,19-20H,10-11,13H2,1H3/t19-,20-/m1/s1. The van der Waals surface area contributed by atoms with Gasteiger partial charge in [-0.2, -0.15) is 5.01 Å². The third-order valence-electron chi connectivity index (χ3n) is 6.04. The number of benzene rings is 2. The summed E-state index contributed by atoms with van der Waals surface area (Å²) in [5, 5.41) is 13.1. The molecule has 1 heterocycles. The second kappa shape index (κ2) is 9.18. The summed E-state index contributed by atoms with van der Waals surface area (Å²) < 4.78 is 0. The Labute approximate surface area is 199 Å². The zero-order chi connectivity index (χ0) is 24.6. The number of hydrogen-bond donors (Lipinski definition) is 0. The van der Waals surface area contributed by atoms with Crippen LogP contribution in [0.3, 0.4) is 0 Å². The molecule has 34 heavy (non-hydrogen) atoms. The van der Waals surface area contributed by atoms with E-state index in [2.05, 4.69) is 0 Å². The molecule has 174 valence electrons. The van der Waals surface area contributed by atoms with E-state index in [1.54, 1.807) is 0 Å². The minimum absolute atomic E-state index is 0.0165. The number of amides is 3. The normalized spacial score (nSPS) is 19.5. The fourth-order valence-corrected chi connectivity index (χ4v) is 4.38. The SMILES string of the molecule is CC1=CC[C@H]2C(=O)N(N(CC(=O)c3cccc([N+](=O)[O-])c3)C(=O)c3ccc(Cl)cc3)C(=O)[C@@H]2C1. The van der Waals surface area contributed by atoms with Crippen molar-refractivity contribution in [1.29, 1.82) is 0 Å². The van der Waals surface area contributed by atoms with E-state index in [1.165, 1.54) is 42.5 Å². The van der Waals surface area contributed by atoms with E-state index in [0.29, 0.717) is 17.9 Å². The number of non-ortho nitro benzene ring substituents is 1. The first-order valence-corrected chi connectivity index (χ1v) is 10.9. The van der Waals surface area contributed by atoms with Crippen molar-refractivity contribution in [2.24, 2.45) is 11.8 Å². The van der Waals surface area contributed by atoms with Crippen molar-refractivity contribution in [3.63, 3.8) is 0 Å². The predicted octanol–water partition coefficient (Wildman–Crippen LogP) is 3.83. The molecule has 2 aliphatic rings. The number of carbonyl (C=O) groups excluding carboxylic acids is 4. The number of halogens is 1. The lowest BCUT2D eigenvalue weighted by Gasteiger charge is -2.30. The van der Waals surface area contributed by atoms with Crippen LogP contribution in [0.2, 0.25) is 5.02 Å². The molecule has 0 bridgehead atoms. The van der Waals surface area contributed by atoms with Crippen LogP contribution in [0.4, 0.5) is 5.69 Å². The number of imide groups is 1. The van der Waals surface area contributed by atoms with Gasteiger partial charge in [-0.1, -0.05) is 35.4 Å². The molecule has 0 N–H and O–H groups in total. The Balaban J connectivity index is 1.70. The molecule has 0 saturated carbocycles. The van der Waals surface area contributed by atoms with Gasteiger partial charge < -0.3 is 0 Å². The molecule has 1 aliphatic heterocycles. The lowest BCUT2D eigenvalue weighted by molar-refractivity contribution is -0.384. The van der Waals surface area contributed by atoms with Gasteiger partial charge in [0, 0.05) is 28.3 Å². The Bertz CT molecular complexity index is 1240. The van der Waals surface area contributed by atoms with Gasteiger partial charge in [0.2, 0.25) is 0 Å². The maximum absolute atomic E-state index is 13.4. The molecular formula is C24H20ClN3O6. The highest BCUT2D eigenvalue weighted by Crippen LogP contribution is 2.38. The number of nitrogens with zero attached hydrogens (tertiary/aromatic N) is 3. The molecule has 2 atom stereocenters. The van der Waals surface area contributed by atoms with E-state index in [9.17, 15) is 29.3 Å². The number of rotatable bonds is 6. The number of carbonyl (C=O) groups is 4. The second-order valence-corrected chi connectivity index (χ2v) is 8.73. The Morgan fingerprint density at radius 3 is 2.44 bits per heavy atom. The van der Waals surface area contributed by atoms with Gasteiger partial charge in [-0.25, -0.2) is 5.01 Å². The summed E-state index contributed by atoms with van der Waals surface area (Å²) in [5.74, 6) is -3.70. The molecule has 0 spiro atoms. The topological polar surface area (TPSA) is 118 Å². The van der Waals surface area contributed by atoms with E-state index in [1.807, 2.05) is 13.0 Å². The van der Waals surface area contributed by atoms with Gasteiger partial charge in [0.15, 0.2) is 5.78 Å². The fraction of sp³-hybridized carbons (Fsp3) is 0.250. The molecule has 0 aromatic heterocycles. The van der Waals surface area contributed by atoms with Crippen LogP contribution < -0.4 is 0 Å². The van der Waals surface area contributed by atoms with E-state index >= 15 is 0 Å². The smallest absolute Gasteiger partial charge is 0.273 e. The summed E-state index contributed by atoms with van der Waals surface area (Å²) in [7, 11) is 0. The second-order valence-electron chi connectivity index (χ2n) is 8.29. The summed E-state index contributed by atoms with van der Waals surface area (Å²) in [6, 6.07) is 10.9. The van der Waals surface area contributed by atoms with Gasteiger partial charge in [-0.3, -0.25) is 29.3 Å². The lowest BCUT2D eigenvalue weighted by Crippen LogP contribution is -2.52. The molecular weight excluding hydrogens is 462 g/mol. The van der Waals surface area contributed by atoms with Crippen LogP contribution in [0.25, 0.3) is 0 Å². The van der Waals surface area contributed by atoms with Crippen LogP contribution in [0.15, 0.2) is 60.2 Å². The highest BCUT2D eigenvalue weighted by molar-refractivity contribution is 6.30. The maximum Gasteiger partial charge on any atom is 0.273 e. The predicted molar refractivity (Wildman–Crippen MR) is 122 cm³/mol. The van der Waals surface area contributed by atoms with Gasteiger partial charge in [0.05, 0.1) is 16.8 Å². The summed E-state index contributed by atoms with van der Waals surface area (Å²) in [4.78, 5) is 63.4.